The number of hydrogen-bond acceptors (Lipinski definition) is 5. The van der Waals surface area contributed by atoms with Gasteiger partial charge in [0.2, 0.25) is 0 Å². The molecule has 5 nitrogen and oxygen atoms in total. The molecule has 0 spiro atoms. The molecule has 2 aliphatic heterocycles. The summed E-state index contributed by atoms with van der Waals surface area (Å²) in [6.45, 7) is 6.63. The second-order valence-electron chi connectivity index (χ2n) is 6.22. The molecule has 2 aliphatic rings. The molecule has 0 aromatic heterocycles. The monoisotopic (exact) mass is 435 g/mol. The average Bonchev–Trinajstić information content (AvgIpc) is 2.60. The lowest BCUT2D eigenvalue weighted by Gasteiger charge is -2.37. The van der Waals surface area contributed by atoms with Gasteiger partial charge in [0.15, 0.2) is 0 Å². The molecule has 1 aromatic rings. The number of morpholine rings is 1. The van der Waals surface area contributed by atoms with Crippen LogP contribution in [0.1, 0.15) is 0 Å². The number of halogens is 4. The van der Waals surface area contributed by atoms with Gasteiger partial charge in [-0.3, -0.25) is 4.90 Å². The Bertz CT molecular complexity index is 619. The summed E-state index contributed by atoms with van der Waals surface area (Å²) in [6, 6.07) is 5.97. The Morgan fingerprint density at radius 1 is 1.08 bits per heavy atom. The third kappa shape index (κ3) is 5.78. The number of alkyl halides is 3. The molecule has 9 heteroatoms. The first-order chi connectivity index (χ1) is 12.4. The molecule has 144 valence electrons. The van der Waals surface area contributed by atoms with Gasteiger partial charge in [-0.15, -0.1) is 13.2 Å². The first-order valence-corrected chi connectivity index (χ1v) is 9.19. The average molecular weight is 436 g/mol. The van der Waals surface area contributed by atoms with Crippen LogP contribution in [0.5, 0.6) is 5.75 Å². The van der Waals surface area contributed by atoms with Crippen molar-refractivity contribution in [2.45, 2.75) is 6.36 Å². The van der Waals surface area contributed by atoms with E-state index in [4.69, 9.17) is 4.74 Å². The predicted molar refractivity (Wildman–Crippen MR) is 96.3 cm³/mol. The molecule has 1 saturated heterocycles. The highest BCUT2D eigenvalue weighted by Crippen LogP contribution is 2.27. The topological polar surface area (TPSA) is 28.2 Å². The van der Waals surface area contributed by atoms with Crippen molar-refractivity contribution < 1.29 is 22.6 Å². The lowest BCUT2D eigenvalue weighted by Crippen LogP contribution is -2.45. The van der Waals surface area contributed by atoms with Crippen molar-refractivity contribution in [1.29, 1.82) is 0 Å². The molecule has 1 aromatic carbocycles. The molecule has 26 heavy (non-hydrogen) atoms. The second-order valence-corrected chi connectivity index (χ2v) is 7.24. The maximum absolute atomic E-state index is 12.3. The third-order valence-corrected chi connectivity index (χ3v) is 4.72. The standard InChI is InChI=1S/C17H21BrF3N3O2/c18-14-11-23(6-5-22-7-9-25-10-8-22)13-24(12-14)15-1-3-16(4-2-15)26-17(19,20)21/h1-4,11H,5-10,12-13H2. The minimum atomic E-state index is -4.67. The van der Waals surface area contributed by atoms with E-state index in [9.17, 15) is 13.2 Å². The highest BCUT2D eigenvalue weighted by Gasteiger charge is 2.31. The lowest BCUT2D eigenvalue weighted by molar-refractivity contribution is -0.274. The summed E-state index contributed by atoms with van der Waals surface area (Å²) in [6.07, 6.45) is -2.59. The lowest BCUT2D eigenvalue weighted by atomic mass is 10.2. The summed E-state index contributed by atoms with van der Waals surface area (Å²) in [5.41, 5.74) is 0.848. The molecular weight excluding hydrogens is 415 g/mol. The van der Waals surface area contributed by atoms with E-state index < -0.39 is 6.36 Å². The van der Waals surface area contributed by atoms with Crippen molar-refractivity contribution in [1.82, 2.24) is 9.80 Å². The van der Waals surface area contributed by atoms with Gasteiger partial charge in [-0.1, -0.05) is 15.9 Å². The maximum Gasteiger partial charge on any atom is 0.573 e. The van der Waals surface area contributed by atoms with Crippen molar-refractivity contribution in [3.63, 3.8) is 0 Å². The van der Waals surface area contributed by atoms with Gasteiger partial charge >= 0.3 is 6.36 Å². The van der Waals surface area contributed by atoms with Crippen LogP contribution in [0.2, 0.25) is 0 Å². The van der Waals surface area contributed by atoms with Crippen LogP contribution in [0.25, 0.3) is 0 Å². The number of nitrogens with zero attached hydrogens (tertiary/aromatic N) is 3. The molecule has 0 N–H and O–H groups in total. The molecule has 0 bridgehead atoms. The Morgan fingerprint density at radius 3 is 2.42 bits per heavy atom. The van der Waals surface area contributed by atoms with Gasteiger partial charge in [0.05, 0.1) is 26.4 Å². The summed E-state index contributed by atoms with van der Waals surface area (Å²) >= 11 is 3.56. The second kappa shape index (κ2) is 8.49. The van der Waals surface area contributed by atoms with Gasteiger partial charge < -0.3 is 19.3 Å². The SMILES string of the molecule is FC(F)(F)Oc1ccc(N2CC(Br)=CN(CCN3CCOCC3)C2)cc1. The largest absolute Gasteiger partial charge is 0.573 e. The molecule has 0 unspecified atom stereocenters. The first-order valence-electron chi connectivity index (χ1n) is 8.40. The van der Waals surface area contributed by atoms with Crippen LogP contribution >= 0.6 is 15.9 Å². The van der Waals surface area contributed by atoms with Gasteiger partial charge in [0.1, 0.15) is 5.75 Å². The van der Waals surface area contributed by atoms with E-state index in [1.165, 1.54) is 12.1 Å². The summed E-state index contributed by atoms with van der Waals surface area (Å²) in [4.78, 5) is 6.66. The van der Waals surface area contributed by atoms with Gasteiger partial charge in [0.25, 0.3) is 0 Å². The number of benzene rings is 1. The molecule has 0 saturated carbocycles. The molecule has 0 aliphatic carbocycles. The normalized spacial score (nSPS) is 19.5. The van der Waals surface area contributed by atoms with E-state index >= 15 is 0 Å². The van der Waals surface area contributed by atoms with Gasteiger partial charge in [-0.05, 0) is 24.3 Å². The molecule has 3 rings (SSSR count). The summed E-state index contributed by atoms with van der Waals surface area (Å²) in [5.74, 6) is -0.211. The minimum absolute atomic E-state index is 0.211. The zero-order valence-corrected chi connectivity index (χ0v) is 15.8. The first kappa shape index (κ1) is 19.3. The highest BCUT2D eigenvalue weighted by atomic mass is 79.9. The maximum atomic E-state index is 12.3. The zero-order valence-electron chi connectivity index (χ0n) is 14.2. The molecule has 1 fully saturated rings. The number of anilines is 1. The van der Waals surface area contributed by atoms with Gasteiger partial charge in [-0.2, -0.15) is 0 Å². The smallest absolute Gasteiger partial charge is 0.406 e. The Kier molecular flexibility index (Phi) is 6.31. The Labute approximate surface area is 159 Å². The number of rotatable bonds is 5. The zero-order chi connectivity index (χ0) is 18.6. The van der Waals surface area contributed by atoms with Crippen LogP contribution in [0, 0.1) is 0 Å². The highest BCUT2D eigenvalue weighted by molar-refractivity contribution is 9.11. The van der Waals surface area contributed by atoms with Crippen LogP contribution in [0.3, 0.4) is 0 Å². The van der Waals surface area contributed by atoms with Crippen LogP contribution < -0.4 is 9.64 Å². The van der Waals surface area contributed by atoms with Crippen molar-refractivity contribution in [2.24, 2.45) is 0 Å². The van der Waals surface area contributed by atoms with Crippen molar-refractivity contribution in [3.05, 3.63) is 34.9 Å². The van der Waals surface area contributed by atoms with Crippen LogP contribution in [-0.4, -0.2) is 68.8 Å². The van der Waals surface area contributed by atoms with E-state index in [-0.39, 0.29) is 5.75 Å². The van der Waals surface area contributed by atoms with E-state index in [1.807, 2.05) is 0 Å². The molecule has 0 amide bonds. The fourth-order valence-corrected chi connectivity index (χ4v) is 3.59. The van der Waals surface area contributed by atoms with Crippen LogP contribution in [0.4, 0.5) is 18.9 Å². The van der Waals surface area contributed by atoms with Crippen molar-refractivity contribution in [3.8, 4) is 5.75 Å². The minimum Gasteiger partial charge on any atom is -0.406 e. The third-order valence-electron chi connectivity index (χ3n) is 4.26. The number of ether oxygens (including phenoxy) is 2. The van der Waals surface area contributed by atoms with Crippen molar-refractivity contribution in [2.75, 3.05) is 57.5 Å². The van der Waals surface area contributed by atoms with E-state index in [2.05, 4.69) is 41.6 Å². The molecule has 0 atom stereocenters. The summed E-state index contributed by atoms with van der Waals surface area (Å²) in [5, 5.41) is 0. The Balaban J connectivity index is 1.57. The molecule has 2 heterocycles. The number of hydrogen-bond donors (Lipinski definition) is 0. The van der Waals surface area contributed by atoms with E-state index in [1.54, 1.807) is 12.1 Å². The Morgan fingerprint density at radius 2 is 1.77 bits per heavy atom. The predicted octanol–water partition coefficient (Wildman–Crippen LogP) is 3.23. The fraction of sp³-hybridized carbons (Fsp3) is 0.529. The van der Waals surface area contributed by atoms with Gasteiger partial charge in [0, 0.05) is 42.5 Å². The molecular formula is C17H21BrF3N3O2. The summed E-state index contributed by atoms with van der Waals surface area (Å²) in [7, 11) is 0. The summed E-state index contributed by atoms with van der Waals surface area (Å²) < 4.78 is 47.1. The van der Waals surface area contributed by atoms with Crippen LogP contribution in [-0.2, 0) is 4.74 Å². The Hall–Kier alpha value is -1.45. The van der Waals surface area contributed by atoms with Crippen molar-refractivity contribution >= 4 is 21.6 Å². The molecule has 0 radical (unpaired) electrons. The van der Waals surface area contributed by atoms with E-state index in [0.29, 0.717) is 13.2 Å². The fourth-order valence-electron chi connectivity index (χ4n) is 2.99. The van der Waals surface area contributed by atoms with E-state index in [0.717, 1.165) is 49.6 Å². The van der Waals surface area contributed by atoms with Crippen LogP contribution in [0.15, 0.2) is 34.9 Å². The quantitative estimate of drug-likeness (QED) is 0.707. The van der Waals surface area contributed by atoms with Gasteiger partial charge in [-0.25, -0.2) is 0 Å².